The first kappa shape index (κ1) is 17.0. The molecule has 1 aliphatic carbocycles. The number of carbonyl (C=O) groups excluding carboxylic acids is 1. The Morgan fingerprint density at radius 3 is 2.62 bits per heavy atom. The topological polar surface area (TPSA) is 52.9 Å². The van der Waals surface area contributed by atoms with Crippen molar-refractivity contribution in [1.82, 2.24) is 5.01 Å². The molecule has 0 saturated heterocycles. The van der Waals surface area contributed by atoms with Gasteiger partial charge in [0.2, 0.25) is 5.91 Å². The monoisotopic (exact) mass is 340 g/mol. The second kappa shape index (κ2) is 5.88. The van der Waals surface area contributed by atoms with Crippen LogP contribution in [0.5, 0.6) is 0 Å². The van der Waals surface area contributed by atoms with Crippen LogP contribution < -0.4 is 0 Å². The minimum Gasteiger partial charge on any atom is -0.362 e. The number of carbonyl (C=O) groups is 1. The third-order valence-electron chi connectivity index (χ3n) is 4.74. The lowest BCUT2D eigenvalue weighted by atomic mass is 9.80. The van der Waals surface area contributed by atoms with Crippen LogP contribution in [0, 0.1) is 12.8 Å². The SMILES string of the molecule is Cc1ccc(CC(=O)N2N=C3CCCC[C@H]3[C@]2(O)C(F)(F)F)cc1. The fourth-order valence-corrected chi connectivity index (χ4v) is 3.42. The van der Waals surface area contributed by atoms with Crippen molar-refractivity contribution in [2.24, 2.45) is 11.0 Å². The van der Waals surface area contributed by atoms with E-state index < -0.39 is 23.7 Å². The average Bonchev–Trinajstić information content (AvgIpc) is 2.84. The zero-order valence-corrected chi connectivity index (χ0v) is 13.3. The van der Waals surface area contributed by atoms with Crippen LogP contribution in [0.3, 0.4) is 0 Å². The molecule has 4 nitrogen and oxygen atoms in total. The van der Waals surface area contributed by atoms with Crippen LogP contribution in [0.15, 0.2) is 29.4 Å². The van der Waals surface area contributed by atoms with Crippen LogP contribution in [0.25, 0.3) is 0 Å². The van der Waals surface area contributed by atoms with Gasteiger partial charge in [0.1, 0.15) is 0 Å². The van der Waals surface area contributed by atoms with Crippen molar-refractivity contribution in [3.63, 3.8) is 0 Å². The number of hydrogen-bond acceptors (Lipinski definition) is 3. The Labute approximate surface area is 138 Å². The van der Waals surface area contributed by atoms with Crippen molar-refractivity contribution in [3.05, 3.63) is 35.4 Å². The lowest BCUT2D eigenvalue weighted by Gasteiger charge is -2.38. The van der Waals surface area contributed by atoms with Gasteiger partial charge in [-0.1, -0.05) is 36.2 Å². The van der Waals surface area contributed by atoms with Crippen LogP contribution in [-0.4, -0.2) is 33.6 Å². The molecule has 1 amide bonds. The fraction of sp³-hybridized carbons (Fsp3) is 0.529. The maximum atomic E-state index is 13.6. The molecule has 1 aromatic rings. The largest absolute Gasteiger partial charge is 0.439 e. The summed E-state index contributed by atoms with van der Waals surface area (Å²) in [7, 11) is 0. The van der Waals surface area contributed by atoms with Crippen molar-refractivity contribution >= 4 is 11.6 Å². The van der Waals surface area contributed by atoms with Gasteiger partial charge in [-0.2, -0.15) is 23.3 Å². The zero-order valence-electron chi connectivity index (χ0n) is 13.3. The molecule has 130 valence electrons. The molecule has 0 unspecified atom stereocenters. The standard InChI is InChI=1S/C17H19F3N2O2/c1-11-6-8-12(9-7-11)10-15(23)22-16(24,17(18,19)20)13-4-2-3-5-14(13)21-22/h6-9,13,24H,2-5,10H2,1H3/t13-,16+/m1/s1. The highest BCUT2D eigenvalue weighted by molar-refractivity contribution is 5.93. The number of hydrazone groups is 1. The number of fused-ring (bicyclic) bond motifs is 1. The van der Waals surface area contributed by atoms with Gasteiger partial charge in [0, 0.05) is 5.71 Å². The van der Waals surface area contributed by atoms with Gasteiger partial charge >= 0.3 is 6.18 Å². The van der Waals surface area contributed by atoms with E-state index in [-0.39, 0.29) is 23.6 Å². The first-order valence-corrected chi connectivity index (χ1v) is 7.98. The van der Waals surface area contributed by atoms with Crippen molar-refractivity contribution in [2.75, 3.05) is 0 Å². The molecule has 2 aliphatic rings. The highest BCUT2D eigenvalue weighted by Gasteiger charge is 2.68. The number of nitrogens with zero attached hydrogens (tertiary/aromatic N) is 2. The summed E-state index contributed by atoms with van der Waals surface area (Å²) in [5.74, 6) is -2.01. The molecule has 1 saturated carbocycles. The molecule has 24 heavy (non-hydrogen) atoms. The predicted octanol–water partition coefficient (Wildman–Crippen LogP) is 3.18. The number of rotatable bonds is 2. The molecular formula is C17H19F3N2O2. The summed E-state index contributed by atoms with van der Waals surface area (Å²) >= 11 is 0. The van der Waals surface area contributed by atoms with Gasteiger partial charge in [-0.3, -0.25) is 4.79 Å². The van der Waals surface area contributed by atoms with Gasteiger partial charge < -0.3 is 5.11 Å². The van der Waals surface area contributed by atoms with Gasteiger partial charge in [-0.25, -0.2) is 0 Å². The summed E-state index contributed by atoms with van der Waals surface area (Å²) in [4.78, 5) is 12.5. The van der Waals surface area contributed by atoms with Crippen LogP contribution in [-0.2, 0) is 11.2 Å². The van der Waals surface area contributed by atoms with Gasteiger partial charge in [0.05, 0.1) is 12.3 Å². The lowest BCUT2D eigenvalue weighted by molar-refractivity contribution is -0.317. The second-order valence-corrected chi connectivity index (χ2v) is 6.48. The molecule has 3 rings (SSSR count). The van der Waals surface area contributed by atoms with E-state index in [9.17, 15) is 23.1 Å². The Hall–Kier alpha value is -1.89. The first-order chi connectivity index (χ1) is 11.2. The Balaban J connectivity index is 1.90. The Bertz CT molecular complexity index is 669. The van der Waals surface area contributed by atoms with E-state index >= 15 is 0 Å². The summed E-state index contributed by atoms with van der Waals surface area (Å²) in [6.45, 7) is 1.88. The molecule has 0 aromatic heterocycles. The van der Waals surface area contributed by atoms with Crippen molar-refractivity contribution in [3.8, 4) is 0 Å². The summed E-state index contributed by atoms with van der Waals surface area (Å²) in [6.07, 6.45) is -3.31. The van der Waals surface area contributed by atoms with Crippen LogP contribution in [0.1, 0.15) is 36.8 Å². The van der Waals surface area contributed by atoms with Gasteiger partial charge in [0.15, 0.2) is 0 Å². The summed E-state index contributed by atoms with van der Waals surface area (Å²) < 4.78 is 40.8. The molecule has 0 radical (unpaired) electrons. The van der Waals surface area contributed by atoms with Crippen molar-refractivity contribution in [2.45, 2.75) is 50.9 Å². The van der Waals surface area contributed by atoms with E-state index in [1.165, 1.54) is 0 Å². The van der Waals surface area contributed by atoms with Crippen LogP contribution in [0.4, 0.5) is 13.2 Å². The van der Waals surface area contributed by atoms with E-state index in [4.69, 9.17) is 0 Å². The predicted molar refractivity (Wildman–Crippen MR) is 82.1 cm³/mol. The van der Waals surface area contributed by atoms with E-state index in [2.05, 4.69) is 5.10 Å². The van der Waals surface area contributed by atoms with Crippen LogP contribution >= 0.6 is 0 Å². The third-order valence-corrected chi connectivity index (χ3v) is 4.74. The maximum Gasteiger partial charge on any atom is 0.439 e. The number of aryl methyl sites for hydroxylation is 1. The highest BCUT2D eigenvalue weighted by Crippen LogP contribution is 2.48. The number of hydrogen-bond donors (Lipinski definition) is 1. The lowest BCUT2D eigenvalue weighted by Crippen LogP contribution is -2.61. The smallest absolute Gasteiger partial charge is 0.362 e. The molecular weight excluding hydrogens is 321 g/mol. The summed E-state index contributed by atoms with van der Waals surface area (Å²) in [5.41, 5.74) is -1.38. The maximum absolute atomic E-state index is 13.6. The average molecular weight is 340 g/mol. The minimum absolute atomic E-state index is 0.184. The normalized spacial score (nSPS) is 27.0. The molecule has 1 N–H and O–H groups in total. The van der Waals surface area contributed by atoms with Gasteiger partial charge in [-0.05, 0) is 31.7 Å². The van der Waals surface area contributed by atoms with Gasteiger partial charge in [0.25, 0.3) is 5.72 Å². The number of halogens is 3. The van der Waals surface area contributed by atoms with Gasteiger partial charge in [-0.15, -0.1) is 0 Å². The third kappa shape index (κ3) is 2.70. The summed E-state index contributed by atoms with van der Waals surface area (Å²) in [5, 5.41) is 14.6. The fourth-order valence-electron chi connectivity index (χ4n) is 3.42. The number of alkyl halides is 3. The van der Waals surface area contributed by atoms with Crippen LogP contribution in [0.2, 0.25) is 0 Å². The zero-order chi connectivity index (χ0) is 17.5. The molecule has 7 heteroatoms. The molecule has 1 aromatic carbocycles. The Morgan fingerprint density at radius 1 is 1.33 bits per heavy atom. The van der Waals surface area contributed by atoms with Crippen molar-refractivity contribution < 1.29 is 23.1 Å². The number of aliphatic hydroxyl groups is 1. The minimum atomic E-state index is -4.96. The van der Waals surface area contributed by atoms with E-state index in [0.29, 0.717) is 18.4 Å². The van der Waals surface area contributed by atoms with Crippen molar-refractivity contribution in [1.29, 1.82) is 0 Å². The highest BCUT2D eigenvalue weighted by atomic mass is 19.4. The molecule has 1 aliphatic heterocycles. The van der Waals surface area contributed by atoms with E-state index in [0.717, 1.165) is 12.0 Å². The molecule has 1 heterocycles. The second-order valence-electron chi connectivity index (χ2n) is 6.48. The van der Waals surface area contributed by atoms with E-state index in [1.54, 1.807) is 24.3 Å². The first-order valence-electron chi connectivity index (χ1n) is 7.98. The number of benzene rings is 1. The molecule has 0 spiro atoms. The molecule has 1 fully saturated rings. The quantitative estimate of drug-likeness (QED) is 0.899. The molecule has 2 atom stereocenters. The Morgan fingerprint density at radius 2 is 2.00 bits per heavy atom. The Kier molecular flexibility index (Phi) is 4.15. The van der Waals surface area contributed by atoms with E-state index in [1.807, 2.05) is 6.92 Å². The number of amides is 1. The molecule has 0 bridgehead atoms. The summed E-state index contributed by atoms with van der Waals surface area (Å²) in [6, 6.07) is 6.95.